The van der Waals surface area contributed by atoms with Crippen LogP contribution in [0.1, 0.15) is 59.3 Å². The van der Waals surface area contributed by atoms with Gasteiger partial charge in [0, 0.05) is 45.4 Å². The van der Waals surface area contributed by atoms with Crippen molar-refractivity contribution in [2.24, 2.45) is 4.99 Å². The number of unbranched alkanes of at least 4 members (excludes halogenated alkanes) is 1. The summed E-state index contributed by atoms with van der Waals surface area (Å²) in [6.07, 6.45) is 7.56. The van der Waals surface area contributed by atoms with Gasteiger partial charge in [-0.15, -0.1) is 0 Å². The first-order valence-corrected chi connectivity index (χ1v) is 9.65. The van der Waals surface area contributed by atoms with Gasteiger partial charge in [-0.1, -0.05) is 13.3 Å². The van der Waals surface area contributed by atoms with Crippen molar-refractivity contribution in [2.75, 3.05) is 45.9 Å². The largest absolute Gasteiger partial charge is 0.382 e. The van der Waals surface area contributed by atoms with Crippen LogP contribution in [-0.4, -0.2) is 62.8 Å². The Balaban J connectivity index is 2.23. The van der Waals surface area contributed by atoms with Crippen LogP contribution in [0.3, 0.4) is 0 Å². The summed E-state index contributed by atoms with van der Waals surface area (Å²) in [5.74, 6) is 0.953. The van der Waals surface area contributed by atoms with E-state index in [-0.39, 0.29) is 0 Å². The molecule has 23 heavy (non-hydrogen) atoms. The molecule has 0 aromatic rings. The van der Waals surface area contributed by atoms with E-state index < -0.39 is 0 Å². The van der Waals surface area contributed by atoms with Gasteiger partial charge in [0.05, 0.1) is 0 Å². The molecule has 1 aliphatic heterocycles. The smallest absolute Gasteiger partial charge is 0.191 e. The van der Waals surface area contributed by atoms with E-state index in [0.29, 0.717) is 0 Å². The molecule has 1 heterocycles. The van der Waals surface area contributed by atoms with Gasteiger partial charge >= 0.3 is 0 Å². The van der Waals surface area contributed by atoms with Gasteiger partial charge in [0.15, 0.2) is 5.96 Å². The maximum atomic E-state index is 5.36. The number of hydrogen-bond acceptors (Lipinski definition) is 3. The van der Waals surface area contributed by atoms with E-state index in [1.54, 1.807) is 0 Å². The van der Waals surface area contributed by atoms with Crippen LogP contribution in [0.4, 0.5) is 0 Å². The van der Waals surface area contributed by atoms with Crippen LogP contribution >= 0.6 is 0 Å². The molecule has 1 fully saturated rings. The van der Waals surface area contributed by atoms with Crippen molar-refractivity contribution in [3.8, 4) is 0 Å². The third kappa shape index (κ3) is 9.16. The summed E-state index contributed by atoms with van der Waals surface area (Å²) >= 11 is 0. The Kier molecular flexibility index (Phi) is 12.0. The predicted molar refractivity (Wildman–Crippen MR) is 99.2 cm³/mol. The number of likely N-dealkylation sites (tertiary alicyclic amines) is 1. The van der Waals surface area contributed by atoms with Crippen LogP contribution < -0.4 is 10.6 Å². The highest BCUT2D eigenvalue weighted by atomic mass is 16.5. The molecule has 0 radical (unpaired) electrons. The molecular formula is C18H38N4O. The highest BCUT2D eigenvalue weighted by Crippen LogP contribution is 2.18. The second-order valence-corrected chi connectivity index (χ2v) is 6.19. The number of piperidine rings is 1. The summed E-state index contributed by atoms with van der Waals surface area (Å²) in [4.78, 5) is 7.29. The van der Waals surface area contributed by atoms with Gasteiger partial charge in [-0.2, -0.15) is 0 Å². The van der Waals surface area contributed by atoms with Gasteiger partial charge in [0.25, 0.3) is 0 Å². The molecule has 0 aromatic carbocycles. The normalized spacial score (nSPS) is 19.8. The van der Waals surface area contributed by atoms with Crippen LogP contribution in [-0.2, 0) is 4.74 Å². The number of nitrogens with one attached hydrogen (secondary N) is 2. The van der Waals surface area contributed by atoms with Crippen molar-refractivity contribution in [1.82, 2.24) is 15.5 Å². The van der Waals surface area contributed by atoms with Crippen LogP contribution in [0, 0.1) is 0 Å². The van der Waals surface area contributed by atoms with E-state index in [1.807, 2.05) is 6.92 Å². The molecule has 1 atom stereocenters. The molecule has 5 heteroatoms. The van der Waals surface area contributed by atoms with Crippen LogP contribution in [0.25, 0.3) is 0 Å². The minimum Gasteiger partial charge on any atom is -0.382 e. The summed E-state index contributed by atoms with van der Waals surface area (Å²) in [6.45, 7) is 13.2. The fourth-order valence-electron chi connectivity index (χ4n) is 3.13. The zero-order valence-electron chi connectivity index (χ0n) is 15.6. The predicted octanol–water partition coefficient (Wildman–Crippen LogP) is 2.62. The molecular weight excluding hydrogens is 288 g/mol. The third-order valence-electron chi connectivity index (χ3n) is 4.43. The average molecular weight is 327 g/mol. The number of guanidine groups is 1. The molecule has 0 bridgehead atoms. The van der Waals surface area contributed by atoms with Crippen LogP contribution in [0.2, 0.25) is 0 Å². The Morgan fingerprint density at radius 2 is 2.04 bits per heavy atom. The highest BCUT2D eigenvalue weighted by Gasteiger charge is 2.19. The topological polar surface area (TPSA) is 48.9 Å². The Morgan fingerprint density at radius 3 is 2.78 bits per heavy atom. The number of ether oxygens (including phenoxy) is 1. The van der Waals surface area contributed by atoms with Crippen molar-refractivity contribution in [3.05, 3.63) is 0 Å². The van der Waals surface area contributed by atoms with Crippen molar-refractivity contribution >= 4 is 5.96 Å². The zero-order chi connectivity index (χ0) is 16.8. The molecule has 1 rings (SSSR count). The Hall–Kier alpha value is -0.810. The number of nitrogens with zero attached hydrogens (tertiary/aromatic N) is 2. The molecule has 5 nitrogen and oxygen atoms in total. The van der Waals surface area contributed by atoms with E-state index in [9.17, 15) is 0 Å². The minimum absolute atomic E-state index is 0.781. The lowest BCUT2D eigenvalue weighted by molar-refractivity contribution is 0.144. The standard InChI is InChI=1S/C18H38N4O/c1-4-17-11-7-9-14-22(17)15-13-21-18(19-5-2)20-12-8-10-16-23-6-3/h17H,4-16H2,1-3H3,(H2,19,20,21). The Bertz CT molecular complexity index is 309. The molecule has 0 aliphatic carbocycles. The lowest BCUT2D eigenvalue weighted by atomic mass is 10.0. The summed E-state index contributed by atoms with van der Waals surface area (Å²) in [5, 5.41) is 6.82. The number of aliphatic imine (C=N–C) groups is 1. The minimum atomic E-state index is 0.781. The van der Waals surface area contributed by atoms with E-state index in [2.05, 4.69) is 34.4 Å². The van der Waals surface area contributed by atoms with Gasteiger partial charge < -0.3 is 15.4 Å². The maximum absolute atomic E-state index is 5.36. The molecule has 1 saturated heterocycles. The van der Waals surface area contributed by atoms with Crippen LogP contribution in [0.5, 0.6) is 0 Å². The third-order valence-corrected chi connectivity index (χ3v) is 4.43. The second kappa shape index (κ2) is 13.6. The molecule has 2 N–H and O–H groups in total. The molecule has 0 spiro atoms. The average Bonchev–Trinajstić information content (AvgIpc) is 2.58. The number of rotatable bonds is 11. The first-order valence-electron chi connectivity index (χ1n) is 9.65. The van der Waals surface area contributed by atoms with Gasteiger partial charge in [-0.25, -0.2) is 0 Å². The quantitative estimate of drug-likeness (QED) is 0.348. The van der Waals surface area contributed by atoms with E-state index in [0.717, 1.165) is 64.2 Å². The van der Waals surface area contributed by atoms with Gasteiger partial charge in [0.2, 0.25) is 0 Å². The van der Waals surface area contributed by atoms with E-state index in [4.69, 9.17) is 4.74 Å². The van der Waals surface area contributed by atoms with Crippen molar-refractivity contribution < 1.29 is 4.74 Å². The van der Waals surface area contributed by atoms with Crippen molar-refractivity contribution in [1.29, 1.82) is 0 Å². The fraction of sp³-hybridized carbons (Fsp3) is 0.944. The molecule has 1 unspecified atom stereocenters. The summed E-state index contributed by atoms with van der Waals surface area (Å²) < 4.78 is 5.36. The lowest BCUT2D eigenvalue weighted by Gasteiger charge is -2.35. The van der Waals surface area contributed by atoms with Gasteiger partial charge in [-0.05, 0) is 52.5 Å². The SMILES string of the molecule is CCNC(=NCCCCOCC)NCCN1CCCCC1CC. The molecule has 0 amide bonds. The van der Waals surface area contributed by atoms with Crippen LogP contribution in [0.15, 0.2) is 4.99 Å². The number of hydrogen-bond donors (Lipinski definition) is 2. The van der Waals surface area contributed by atoms with E-state index >= 15 is 0 Å². The summed E-state index contributed by atoms with van der Waals surface area (Å²) in [7, 11) is 0. The second-order valence-electron chi connectivity index (χ2n) is 6.19. The Labute approximate surface area is 143 Å². The summed E-state index contributed by atoms with van der Waals surface area (Å²) in [5.41, 5.74) is 0. The summed E-state index contributed by atoms with van der Waals surface area (Å²) in [6, 6.07) is 0.781. The molecule has 1 aliphatic rings. The van der Waals surface area contributed by atoms with Gasteiger partial charge in [0.1, 0.15) is 0 Å². The van der Waals surface area contributed by atoms with Crippen molar-refractivity contribution in [2.45, 2.75) is 65.3 Å². The maximum Gasteiger partial charge on any atom is 0.191 e. The molecule has 0 saturated carbocycles. The first-order chi connectivity index (χ1) is 11.3. The fourth-order valence-corrected chi connectivity index (χ4v) is 3.13. The molecule has 0 aromatic heterocycles. The van der Waals surface area contributed by atoms with E-state index in [1.165, 1.54) is 32.2 Å². The zero-order valence-corrected chi connectivity index (χ0v) is 15.6. The lowest BCUT2D eigenvalue weighted by Crippen LogP contribution is -2.46. The molecule has 136 valence electrons. The van der Waals surface area contributed by atoms with Gasteiger partial charge in [-0.3, -0.25) is 9.89 Å². The first kappa shape index (κ1) is 20.2. The highest BCUT2D eigenvalue weighted by molar-refractivity contribution is 5.79. The Morgan fingerprint density at radius 1 is 1.17 bits per heavy atom. The van der Waals surface area contributed by atoms with Crippen molar-refractivity contribution in [3.63, 3.8) is 0 Å². The monoisotopic (exact) mass is 326 g/mol.